The van der Waals surface area contributed by atoms with Crippen molar-refractivity contribution in [3.63, 3.8) is 0 Å². The number of allylic oxidation sites excluding steroid dienone is 18. The van der Waals surface area contributed by atoms with Crippen molar-refractivity contribution in [1.29, 1.82) is 0 Å². The van der Waals surface area contributed by atoms with Crippen molar-refractivity contribution in [3.8, 4) is 0 Å². The minimum Gasteiger partial charge on any atom is -0.462 e. The maximum atomic E-state index is 13.1. The van der Waals surface area contributed by atoms with Crippen LogP contribution < -0.4 is 0 Å². The maximum Gasteiger partial charge on any atom is 0.472 e. The summed E-state index contributed by atoms with van der Waals surface area (Å²) >= 11 is 0. The number of phosphoric acid groups is 2. The molecule has 0 bridgehead atoms. The van der Waals surface area contributed by atoms with Crippen LogP contribution in [0.25, 0.3) is 0 Å². The molecule has 102 heavy (non-hydrogen) atoms. The second-order valence-electron chi connectivity index (χ2n) is 26.6. The highest BCUT2D eigenvalue weighted by atomic mass is 31.2. The van der Waals surface area contributed by atoms with Crippen molar-refractivity contribution in [3.05, 3.63) is 109 Å². The zero-order chi connectivity index (χ0) is 74.6. The van der Waals surface area contributed by atoms with Gasteiger partial charge in [0, 0.05) is 25.7 Å². The molecule has 0 aliphatic rings. The molecule has 19 heteroatoms. The van der Waals surface area contributed by atoms with Gasteiger partial charge in [0.15, 0.2) is 12.2 Å². The van der Waals surface area contributed by atoms with Crippen LogP contribution >= 0.6 is 15.6 Å². The average molecular weight is 1480 g/mol. The van der Waals surface area contributed by atoms with Crippen LogP contribution in [0.1, 0.15) is 336 Å². The Morgan fingerprint density at radius 2 is 0.529 bits per heavy atom. The number of hydrogen-bond acceptors (Lipinski definition) is 15. The molecule has 0 rings (SSSR count). The van der Waals surface area contributed by atoms with Crippen LogP contribution in [0.3, 0.4) is 0 Å². The lowest BCUT2D eigenvalue weighted by molar-refractivity contribution is -0.161. The fourth-order valence-corrected chi connectivity index (χ4v) is 12.2. The third-order valence-electron chi connectivity index (χ3n) is 16.7. The van der Waals surface area contributed by atoms with Crippen LogP contribution in [0.15, 0.2) is 109 Å². The number of unbranched alkanes of at least 4 members (excludes halogenated alkanes) is 31. The highest BCUT2D eigenvalue weighted by Crippen LogP contribution is 2.45. The summed E-state index contributed by atoms with van der Waals surface area (Å²) in [6.45, 7) is 4.65. The monoisotopic (exact) mass is 1470 g/mol. The Hall–Kier alpha value is -4.28. The molecule has 588 valence electrons. The van der Waals surface area contributed by atoms with Gasteiger partial charge in [0.2, 0.25) is 0 Å². The van der Waals surface area contributed by atoms with E-state index in [2.05, 4.69) is 119 Å². The van der Waals surface area contributed by atoms with E-state index in [1.807, 2.05) is 18.2 Å². The summed E-state index contributed by atoms with van der Waals surface area (Å²) in [7, 11) is -9.98. The number of hydrogen-bond donors (Lipinski definition) is 3. The molecular formula is C83H144O17P2. The molecule has 0 amide bonds. The van der Waals surface area contributed by atoms with E-state index in [-0.39, 0.29) is 25.7 Å². The standard InChI is InChI=1S/C83H144O17P2/c1-5-9-13-17-21-25-29-33-36-37-38-39-42-46-50-54-58-62-66-70-83(88)100-79(74-94-81(86)68-64-60-56-52-48-44-40-34-30-26-22-18-14-10-6-2)76-98-102(91,92)96-72-77(84)71-95-101(89,90)97-75-78(73-93-80(85)67-63-59-55-51-47-43-32-28-24-20-16-12-8-4)99-82(87)69-65-61-57-53-49-45-41-35-31-27-23-19-15-11-7-3/h9,13,21,25-28,30-33,36,38-39,46,50,58,62,77-79,84H,5-8,10-12,14-20,22-24,29,34-35,37,40-45,47-49,51-57,59-61,63-76H2,1-4H3,(H,89,90)(H,91,92)/b13-9-,25-21-,30-26-,31-27-,32-28-,36-33-,39-38-,50-46-,62-58-/t77-,78+,79+/m0/s1. The fraction of sp³-hybridized carbons (Fsp3) is 0.735. The van der Waals surface area contributed by atoms with Crippen molar-refractivity contribution in [2.45, 2.75) is 354 Å². The Morgan fingerprint density at radius 1 is 0.284 bits per heavy atom. The first kappa shape index (κ1) is 97.7. The maximum absolute atomic E-state index is 13.1. The van der Waals surface area contributed by atoms with E-state index >= 15 is 0 Å². The second kappa shape index (κ2) is 75.0. The van der Waals surface area contributed by atoms with E-state index in [4.69, 9.17) is 37.0 Å². The Bertz CT molecular complexity index is 2360. The third kappa shape index (κ3) is 74.0. The van der Waals surface area contributed by atoms with Gasteiger partial charge < -0.3 is 33.8 Å². The lowest BCUT2D eigenvalue weighted by Gasteiger charge is -2.21. The largest absolute Gasteiger partial charge is 0.472 e. The van der Waals surface area contributed by atoms with Crippen molar-refractivity contribution in [2.24, 2.45) is 0 Å². The molecule has 0 heterocycles. The summed E-state index contributed by atoms with van der Waals surface area (Å²) < 4.78 is 68.5. The molecule has 0 aromatic carbocycles. The van der Waals surface area contributed by atoms with Crippen molar-refractivity contribution in [2.75, 3.05) is 39.6 Å². The SMILES string of the molecule is CC/C=C\C/C=C\C/C=C\C/C=C\C/C=C\C/C=C\CCC(=O)O[C@H](COC(=O)CCCCCCCCC/C=C\CCCCCC)COP(=O)(O)OC[C@@H](O)COP(=O)(O)OC[C@@H](COC(=O)CCCCCCC/C=C\CCCCCC)OC(=O)CCCCCCCCC/C=C\CCCCCC. The van der Waals surface area contributed by atoms with E-state index in [9.17, 15) is 43.2 Å². The summed E-state index contributed by atoms with van der Waals surface area (Å²) in [5, 5.41) is 10.6. The number of aliphatic hydroxyl groups excluding tert-OH is 1. The molecule has 2 unspecified atom stereocenters. The predicted octanol–water partition coefficient (Wildman–Crippen LogP) is 23.3. The number of aliphatic hydroxyl groups is 1. The van der Waals surface area contributed by atoms with Crippen LogP contribution in [0.5, 0.6) is 0 Å². The average Bonchev–Trinajstić information content (AvgIpc) is 1.21. The second-order valence-corrected chi connectivity index (χ2v) is 29.5. The van der Waals surface area contributed by atoms with Crippen molar-refractivity contribution < 1.29 is 80.2 Å². The van der Waals surface area contributed by atoms with Gasteiger partial charge in [-0.3, -0.25) is 37.3 Å². The Labute approximate surface area is 619 Å². The number of rotatable bonds is 75. The van der Waals surface area contributed by atoms with Gasteiger partial charge in [-0.25, -0.2) is 9.13 Å². The van der Waals surface area contributed by atoms with Gasteiger partial charge in [-0.05, 0) is 141 Å². The first-order chi connectivity index (χ1) is 49.7. The summed E-state index contributed by atoms with van der Waals surface area (Å²) in [6.07, 6.45) is 80.8. The minimum atomic E-state index is -5.00. The molecule has 0 aromatic heterocycles. The Morgan fingerprint density at radius 3 is 0.843 bits per heavy atom. The van der Waals surface area contributed by atoms with Gasteiger partial charge in [0.25, 0.3) is 0 Å². The summed E-state index contributed by atoms with van der Waals surface area (Å²) in [5.74, 6) is -2.28. The highest BCUT2D eigenvalue weighted by molar-refractivity contribution is 7.47. The zero-order valence-electron chi connectivity index (χ0n) is 64.3. The van der Waals surface area contributed by atoms with Gasteiger partial charge in [-0.15, -0.1) is 0 Å². The molecule has 0 aliphatic carbocycles. The van der Waals surface area contributed by atoms with Gasteiger partial charge in [0.05, 0.1) is 26.4 Å². The molecule has 17 nitrogen and oxygen atoms in total. The first-order valence-electron chi connectivity index (χ1n) is 40.1. The molecule has 0 aromatic rings. The molecule has 0 fully saturated rings. The molecule has 0 aliphatic heterocycles. The number of carbonyl (C=O) groups is 4. The molecule has 0 saturated heterocycles. The van der Waals surface area contributed by atoms with E-state index < -0.39 is 97.5 Å². The third-order valence-corrected chi connectivity index (χ3v) is 18.6. The minimum absolute atomic E-state index is 0.0316. The number of esters is 4. The van der Waals surface area contributed by atoms with Crippen LogP contribution in [-0.4, -0.2) is 96.7 Å². The molecule has 0 radical (unpaired) electrons. The topological polar surface area (TPSA) is 237 Å². The van der Waals surface area contributed by atoms with Crippen LogP contribution in [0.2, 0.25) is 0 Å². The lowest BCUT2D eigenvalue weighted by atomic mass is 10.1. The number of carbonyl (C=O) groups excluding carboxylic acids is 4. The number of phosphoric ester groups is 2. The van der Waals surface area contributed by atoms with Crippen LogP contribution in [0, 0.1) is 0 Å². The zero-order valence-corrected chi connectivity index (χ0v) is 66.0. The normalized spacial score (nSPS) is 14.5. The molecule has 5 atom stereocenters. The summed E-state index contributed by atoms with van der Waals surface area (Å²) in [4.78, 5) is 73.0. The lowest BCUT2D eigenvalue weighted by Crippen LogP contribution is -2.30. The first-order valence-corrected chi connectivity index (χ1v) is 43.1. The Balaban J connectivity index is 5.43. The predicted molar refractivity (Wildman–Crippen MR) is 418 cm³/mol. The van der Waals surface area contributed by atoms with Gasteiger partial charge in [-0.2, -0.15) is 0 Å². The highest BCUT2D eigenvalue weighted by Gasteiger charge is 2.30. The fourth-order valence-electron chi connectivity index (χ4n) is 10.6. The van der Waals surface area contributed by atoms with Crippen molar-refractivity contribution in [1.82, 2.24) is 0 Å². The number of ether oxygens (including phenoxy) is 4. The molecule has 0 spiro atoms. The quantitative estimate of drug-likeness (QED) is 0.0169. The van der Waals surface area contributed by atoms with E-state index in [1.54, 1.807) is 0 Å². The smallest absolute Gasteiger partial charge is 0.462 e. The summed E-state index contributed by atoms with van der Waals surface area (Å²) in [5.41, 5.74) is 0. The van der Waals surface area contributed by atoms with Crippen LogP contribution in [0.4, 0.5) is 0 Å². The van der Waals surface area contributed by atoms with E-state index in [1.165, 1.54) is 83.5 Å². The molecular weight excluding hydrogens is 1330 g/mol. The van der Waals surface area contributed by atoms with E-state index in [0.717, 1.165) is 167 Å². The Kier molecular flexibility index (Phi) is 71.8. The van der Waals surface area contributed by atoms with E-state index in [0.29, 0.717) is 32.1 Å². The molecule has 3 N–H and O–H groups in total. The van der Waals surface area contributed by atoms with Crippen molar-refractivity contribution >= 4 is 39.5 Å². The van der Waals surface area contributed by atoms with Gasteiger partial charge >= 0.3 is 39.5 Å². The molecule has 0 saturated carbocycles. The van der Waals surface area contributed by atoms with Gasteiger partial charge in [-0.1, -0.05) is 278 Å². The summed E-state index contributed by atoms with van der Waals surface area (Å²) in [6, 6.07) is 0. The van der Waals surface area contributed by atoms with Gasteiger partial charge in [0.1, 0.15) is 19.3 Å². The van der Waals surface area contributed by atoms with Crippen LogP contribution in [-0.2, 0) is 65.4 Å².